The monoisotopic (exact) mass is 405 g/mol. The summed E-state index contributed by atoms with van der Waals surface area (Å²) in [5, 5.41) is 14.0. The predicted octanol–water partition coefficient (Wildman–Crippen LogP) is 1.10. The zero-order valence-corrected chi connectivity index (χ0v) is 16.2. The number of nitrogens with one attached hydrogen (secondary N) is 2. The van der Waals surface area contributed by atoms with E-state index in [1.54, 1.807) is 11.0 Å². The maximum Gasteiger partial charge on any atom is 0.253 e. The first-order chi connectivity index (χ1) is 13.6. The van der Waals surface area contributed by atoms with Gasteiger partial charge in [0.15, 0.2) is 16.6 Å². The van der Waals surface area contributed by atoms with E-state index in [1.807, 2.05) is 12.1 Å². The first-order valence-electron chi connectivity index (χ1n) is 9.35. The van der Waals surface area contributed by atoms with E-state index in [4.69, 9.17) is 26.4 Å². The molecule has 150 valence electrons. The lowest BCUT2D eigenvalue weighted by Crippen LogP contribution is -2.44. The summed E-state index contributed by atoms with van der Waals surface area (Å²) in [6, 6.07) is 5.44. The summed E-state index contributed by atoms with van der Waals surface area (Å²) in [6.07, 6.45) is 2.22. The summed E-state index contributed by atoms with van der Waals surface area (Å²) in [7, 11) is 0. The van der Waals surface area contributed by atoms with Gasteiger partial charge >= 0.3 is 0 Å². The van der Waals surface area contributed by atoms with Gasteiger partial charge in [0.25, 0.3) is 5.56 Å². The van der Waals surface area contributed by atoms with Crippen LogP contribution in [0.4, 0.5) is 0 Å². The Labute approximate surface area is 167 Å². The Hall–Kier alpha value is -2.36. The summed E-state index contributed by atoms with van der Waals surface area (Å²) in [5.41, 5.74) is 1.04. The van der Waals surface area contributed by atoms with Crippen LogP contribution in [0.1, 0.15) is 18.4 Å². The Balaban J connectivity index is 1.51. The van der Waals surface area contributed by atoms with Gasteiger partial charge in [0.2, 0.25) is 6.79 Å². The fourth-order valence-electron chi connectivity index (χ4n) is 3.46. The molecule has 0 radical (unpaired) electrons. The number of nitrogens with zero attached hydrogens (tertiary/aromatic N) is 1. The van der Waals surface area contributed by atoms with Gasteiger partial charge in [0.1, 0.15) is 0 Å². The molecule has 1 aromatic carbocycles. The average Bonchev–Trinajstić information content (AvgIpc) is 3.36. The average molecular weight is 405 g/mol. The smallest absolute Gasteiger partial charge is 0.253 e. The number of thiocarbonyl (C=S) groups is 1. The van der Waals surface area contributed by atoms with Crippen LogP contribution >= 0.6 is 12.2 Å². The Morgan fingerprint density at radius 2 is 2.14 bits per heavy atom. The zero-order valence-electron chi connectivity index (χ0n) is 15.4. The number of hydrogen-bond acceptors (Lipinski definition) is 6. The minimum absolute atomic E-state index is 0.0636. The van der Waals surface area contributed by atoms with E-state index in [0.29, 0.717) is 40.8 Å². The van der Waals surface area contributed by atoms with Gasteiger partial charge in [0.05, 0.1) is 24.8 Å². The van der Waals surface area contributed by atoms with Gasteiger partial charge in [-0.05, 0) is 37.2 Å². The molecule has 0 spiro atoms. The Morgan fingerprint density at radius 3 is 2.89 bits per heavy atom. The Bertz CT molecular complexity index is 926. The number of ether oxygens (including phenoxy) is 3. The van der Waals surface area contributed by atoms with Crippen LogP contribution in [-0.2, 0) is 11.3 Å². The second-order valence-corrected chi connectivity index (χ2v) is 7.27. The predicted molar refractivity (Wildman–Crippen MR) is 108 cm³/mol. The van der Waals surface area contributed by atoms with Gasteiger partial charge in [-0.1, -0.05) is 0 Å². The van der Waals surface area contributed by atoms with Gasteiger partial charge in [-0.25, -0.2) is 0 Å². The lowest BCUT2D eigenvalue weighted by Gasteiger charge is -2.26. The number of fused-ring (bicyclic) bond motifs is 2. The van der Waals surface area contributed by atoms with Crippen LogP contribution < -0.4 is 20.3 Å². The van der Waals surface area contributed by atoms with E-state index in [9.17, 15) is 9.90 Å². The highest BCUT2D eigenvalue weighted by atomic mass is 32.1. The minimum atomic E-state index is -0.198. The summed E-state index contributed by atoms with van der Waals surface area (Å²) in [6.45, 7) is 2.14. The molecule has 9 heteroatoms. The third-order valence-electron chi connectivity index (χ3n) is 4.94. The van der Waals surface area contributed by atoms with Crippen LogP contribution in [-0.4, -0.2) is 59.3 Å². The fourth-order valence-corrected chi connectivity index (χ4v) is 3.69. The van der Waals surface area contributed by atoms with E-state index in [0.717, 1.165) is 24.8 Å². The van der Waals surface area contributed by atoms with Gasteiger partial charge in [-0.2, -0.15) is 0 Å². The van der Waals surface area contributed by atoms with Crippen molar-refractivity contribution in [3.8, 4) is 11.5 Å². The van der Waals surface area contributed by atoms with Crippen LogP contribution in [0.25, 0.3) is 10.9 Å². The van der Waals surface area contributed by atoms with E-state index < -0.39 is 0 Å². The molecule has 1 atom stereocenters. The van der Waals surface area contributed by atoms with Crippen LogP contribution in [0.15, 0.2) is 23.0 Å². The molecule has 2 aromatic rings. The lowest BCUT2D eigenvalue weighted by atomic mass is 10.1. The number of rotatable bonds is 6. The molecule has 2 aliphatic heterocycles. The van der Waals surface area contributed by atoms with Crippen molar-refractivity contribution >= 4 is 28.2 Å². The maximum absolute atomic E-state index is 12.6. The molecule has 8 nitrogen and oxygen atoms in total. The number of aliphatic hydroxyl groups excluding tert-OH is 1. The van der Waals surface area contributed by atoms with Crippen molar-refractivity contribution in [2.75, 3.05) is 33.1 Å². The second kappa shape index (κ2) is 8.34. The standard InChI is InChI=1S/C19H23N3O5S/c23-4-3-22(19(28)20-9-14-2-1-5-25-14)10-13-6-12-7-16-17(27-11-26-16)8-15(12)21-18(13)24/h6-8,14,23H,1-5,9-11H2,(H,20,28)(H,21,24)/t14-/m0/s1. The molecule has 3 N–H and O–H groups in total. The first-order valence-corrected chi connectivity index (χ1v) is 9.75. The van der Waals surface area contributed by atoms with Crippen LogP contribution in [0.5, 0.6) is 11.5 Å². The molecule has 0 amide bonds. The minimum Gasteiger partial charge on any atom is -0.454 e. The van der Waals surface area contributed by atoms with Crippen LogP contribution in [0.2, 0.25) is 0 Å². The molecular formula is C19H23N3O5S. The Morgan fingerprint density at radius 1 is 1.32 bits per heavy atom. The molecule has 0 saturated carbocycles. The van der Waals surface area contributed by atoms with Crippen molar-refractivity contribution in [3.63, 3.8) is 0 Å². The molecule has 2 aliphatic rings. The highest BCUT2D eigenvalue weighted by Crippen LogP contribution is 2.35. The summed E-state index contributed by atoms with van der Waals surface area (Å²) < 4.78 is 16.4. The summed E-state index contributed by atoms with van der Waals surface area (Å²) in [5.74, 6) is 1.28. The SMILES string of the molecule is O=c1[nH]c2cc3c(cc2cc1CN(CCO)C(=S)NC[C@@H]1CCCO1)OCO3. The number of H-pyrrole nitrogens is 1. The van der Waals surface area contributed by atoms with Crippen LogP contribution in [0, 0.1) is 0 Å². The third-order valence-corrected chi connectivity index (χ3v) is 5.34. The van der Waals surface area contributed by atoms with Gasteiger partial charge in [-0.15, -0.1) is 0 Å². The van der Waals surface area contributed by atoms with E-state index in [1.165, 1.54) is 0 Å². The molecule has 0 unspecified atom stereocenters. The van der Waals surface area contributed by atoms with E-state index in [-0.39, 0.29) is 31.6 Å². The molecule has 1 fully saturated rings. The van der Waals surface area contributed by atoms with Gasteiger partial charge in [-0.3, -0.25) is 4.79 Å². The number of pyridine rings is 1. The number of hydrogen-bond donors (Lipinski definition) is 3. The van der Waals surface area contributed by atoms with Crippen molar-refractivity contribution in [3.05, 3.63) is 34.1 Å². The quantitative estimate of drug-likeness (QED) is 0.615. The number of aromatic nitrogens is 1. The summed E-state index contributed by atoms with van der Waals surface area (Å²) >= 11 is 5.48. The zero-order chi connectivity index (χ0) is 19.5. The topological polar surface area (TPSA) is 96.1 Å². The molecule has 1 saturated heterocycles. The first kappa shape index (κ1) is 19.0. The highest BCUT2D eigenvalue weighted by Gasteiger charge is 2.19. The van der Waals surface area contributed by atoms with Crippen molar-refractivity contribution in [2.45, 2.75) is 25.5 Å². The van der Waals surface area contributed by atoms with Crippen LogP contribution in [0.3, 0.4) is 0 Å². The molecule has 0 bridgehead atoms. The van der Waals surface area contributed by atoms with E-state index in [2.05, 4.69) is 10.3 Å². The van der Waals surface area contributed by atoms with Crippen molar-refractivity contribution < 1.29 is 19.3 Å². The molecule has 0 aliphatic carbocycles. The fraction of sp³-hybridized carbons (Fsp3) is 0.474. The van der Waals surface area contributed by atoms with Gasteiger partial charge in [0, 0.05) is 36.7 Å². The second-order valence-electron chi connectivity index (χ2n) is 6.88. The van der Waals surface area contributed by atoms with Crippen molar-refractivity contribution in [1.82, 2.24) is 15.2 Å². The number of aliphatic hydroxyl groups is 1. The van der Waals surface area contributed by atoms with Gasteiger partial charge < -0.3 is 34.5 Å². The maximum atomic E-state index is 12.6. The molecule has 1 aromatic heterocycles. The van der Waals surface area contributed by atoms with Crippen molar-refractivity contribution in [1.29, 1.82) is 0 Å². The molecule has 3 heterocycles. The number of benzene rings is 1. The highest BCUT2D eigenvalue weighted by molar-refractivity contribution is 7.80. The molecule has 28 heavy (non-hydrogen) atoms. The third kappa shape index (κ3) is 4.06. The lowest BCUT2D eigenvalue weighted by molar-refractivity contribution is 0.113. The number of aromatic amines is 1. The molecule has 4 rings (SSSR count). The summed E-state index contributed by atoms with van der Waals surface area (Å²) in [4.78, 5) is 17.2. The van der Waals surface area contributed by atoms with Crippen molar-refractivity contribution in [2.24, 2.45) is 0 Å². The largest absolute Gasteiger partial charge is 0.454 e. The van der Waals surface area contributed by atoms with E-state index >= 15 is 0 Å². The normalized spacial score (nSPS) is 17.8. The Kier molecular flexibility index (Phi) is 5.65. The molecular weight excluding hydrogens is 382 g/mol.